The molecule has 1 aromatic carbocycles. The van der Waals surface area contributed by atoms with Gasteiger partial charge in [-0.15, -0.1) is 0 Å². The molecule has 0 aliphatic rings. The average Bonchev–Trinajstić information content (AvgIpc) is 2.65. The molecule has 6 heteroatoms. The largest absolute Gasteiger partial charge is 0.494 e. The normalized spacial score (nSPS) is 11.1. The number of aromatic nitrogens is 2. The fourth-order valence-corrected chi connectivity index (χ4v) is 1.49. The first-order valence-corrected chi connectivity index (χ1v) is 5.29. The van der Waals surface area contributed by atoms with Gasteiger partial charge in [-0.25, -0.2) is 14.1 Å². The molecule has 2 N–H and O–H groups in total. The average molecular weight is 248 g/mol. The van der Waals surface area contributed by atoms with E-state index < -0.39 is 5.82 Å². The lowest BCUT2D eigenvalue weighted by Crippen LogP contribution is -1.97. The van der Waals surface area contributed by atoms with Crippen LogP contribution in [0.15, 0.2) is 29.5 Å². The Morgan fingerprint density at radius 2 is 2.28 bits per heavy atom. The molecule has 2 aromatic rings. The van der Waals surface area contributed by atoms with Crippen LogP contribution in [-0.4, -0.2) is 23.0 Å². The number of rotatable bonds is 3. The SMILES string of the molecule is COc1ccc(C=Nn2cc(C)nc2N)cc1F. The van der Waals surface area contributed by atoms with Gasteiger partial charge in [-0.2, -0.15) is 5.10 Å². The second-order valence-corrected chi connectivity index (χ2v) is 3.72. The molecular weight excluding hydrogens is 235 g/mol. The summed E-state index contributed by atoms with van der Waals surface area (Å²) in [6.45, 7) is 1.81. The van der Waals surface area contributed by atoms with Gasteiger partial charge in [0, 0.05) is 0 Å². The second kappa shape index (κ2) is 4.87. The summed E-state index contributed by atoms with van der Waals surface area (Å²) < 4.78 is 19.7. The summed E-state index contributed by atoms with van der Waals surface area (Å²) in [6, 6.07) is 4.58. The molecule has 0 fully saturated rings. The van der Waals surface area contributed by atoms with Crippen molar-refractivity contribution in [3.05, 3.63) is 41.5 Å². The Bertz CT molecular complexity index is 592. The van der Waals surface area contributed by atoms with Gasteiger partial charge in [0.25, 0.3) is 0 Å². The van der Waals surface area contributed by atoms with Gasteiger partial charge >= 0.3 is 0 Å². The number of ether oxygens (including phenoxy) is 1. The molecule has 0 unspecified atom stereocenters. The number of hydrogen-bond donors (Lipinski definition) is 1. The van der Waals surface area contributed by atoms with Crippen LogP contribution in [0.25, 0.3) is 0 Å². The quantitative estimate of drug-likeness (QED) is 0.842. The molecule has 0 aliphatic heterocycles. The molecule has 0 saturated carbocycles. The van der Waals surface area contributed by atoms with Crippen LogP contribution >= 0.6 is 0 Å². The van der Waals surface area contributed by atoms with Crippen LogP contribution in [0.1, 0.15) is 11.3 Å². The number of anilines is 1. The third-order valence-electron chi connectivity index (χ3n) is 2.34. The van der Waals surface area contributed by atoms with E-state index in [1.807, 2.05) is 6.92 Å². The lowest BCUT2D eigenvalue weighted by Gasteiger charge is -2.01. The number of nitrogen functional groups attached to an aromatic ring is 1. The zero-order valence-electron chi connectivity index (χ0n) is 10.1. The van der Waals surface area contributed by atoms with E-state index in [4.69, 9.17) is 10.5 Å². The highest BCUT2D eigenvalue weighted by Crippen LogP contribution is 2.16. The van der Waals surface area contributed by atoms with E-state index in [1.54, 1.807) is 18.3 Å². The van der Waals surface area contributed by atoms with E-state index in [2.05, 4.69) is 10.1 Å². The predicted octanol–water partition coefficient (Wildman–Crippen LogP) is 1.80. The highest BCUT2D eigenvalue weighted by Gasteiger charge is 2.02. The standard InChI is InChI=1S/C12H13FN4O/c1-8-7-17(12(14)16-8)15-6-9-3-4-11(18-2)10(13)5-9/h3-7H,1-2H3,(H2,14,16). The zero-order valence-corrected chi connectivity index (χ0v) is 10.1. The number of imidazole rings is 1. The molecule has 0 radical (unpaired) electrons. The smallest absolute Gasteiger partial charge is 0.221 e. The van der Waals surface area contributed by atoms with Crippen molar-refractivity contribution in [3.63, 3.8) is 0 Å². The number of benzene rings is 1. The summed E-state index contributed by atoms with van der Waals surface area (Å²) in [5.74, 6) is 0.0547. The topological polar surface area (TPSA) is 65.4 Å². The number of methoxy groups -OCH3 is 1. The predicted molar refractivity (Wildman–Crippen MR) is 67.3 cm³/mol. The highest BCUT2D eigenvalue weighted by molar-refractivity contribution is 5.79. The van der Waals surface area contributed by atoms with Crippen LogP contribution in [0.2, 0.25) is 0 Å². The summed E-state index contributed by atoms with van der Waals surface area (Å²) in [5.41, 5.74) is 7.00. The van der Waals surface area contributed by atoms with E-state index in [0.29, 0.717) is 5.56 Å². The highest BCUT2D eigenvalue weighted by atomic mass is 19.1. The van der Waals surface area contributed by atoms with E-state index in [1.165, 1.54) is 24.1 Å². The summed E-state index contributed by atoms with van der Waals surface area (Å²) in [6.07, 6.45) is 3.19. The molecule has 0 atom stereocenters. The van der Waals surface area contributed by atoms with Crippen LogP contribution in [0.5, 0.6) is 5.75 Å². The van der Waals surface area contributed by atoms with Crippen molar-refractivity contribution in [1.82, 2.24) is 9.66 Å². The first kappa shape index (κ1) is 12.1. The number of nitrogens with zero attached hydrogens (tertiary/aromatic N) is 3. The van der Waals surface area contributed by atoms with Crippen LogP contribution in [-0.2, 0) is 0 Å². The lowest BCUT2D eigenvalue weighted by atomic mass is 10.2. The number of nitrogens with two attached hydrogens (primary N) is 1. The maximum atomic E-state index is 13.4. The third kappa shape index (κ3) is 2.48. The van der Waals surface area contributed by atoms with Crippen molar-refractivity contribution >= 4 is 12.2 Å². The van der Waals surface area contributed by atoms with Crippen LogP contribution < -0.4 is 10.5 Å². The van der Waals surface area contributed by atoms with Crippen molar-refractivity contribution in [2.24, 2.45) is 5.10 Å². The van der Waals surface area contributed by atoms with Gasteiger partial charge in [0.15, 0.2) is 11.6 Å². The molecule has 0 amide bonds. The molecule has 0 spiro atoms. The van der Waals surface area contributed by atoms with Crippen LogP contribution in [0.4, 0.5) is 10.3 Å². The minimum absolute atomic E-state index is 0.199. The van der Waals surface area contributed by atoms with E-state index in [-0.39, 0.29) is 11.7 Å². The van der Waals surface area contributed by atoms with Gasteiger partial charge in [0.2, 0.25) is 5.95 Å². The van der Waals surface area contributed by atoms with Crippen LogP contribution in [0.3, 0.4) is 0 Å². The summed E-state index contributed by atoms with van der Waals surface area (Å²) in [5, 5.41) is 4.09. The van der Waals surface area contributed by atoms with Gasteiger partial charge in [0.1, 0.15) is 0 Å². The first-order valence-electron chi connectivity index (χ1n) is 5.29. The fourth-order valence-electron chi connectivity index (χ4n) is 1.49. The molecular formula is C12H13FN4O. The number of hydrogen-bond acceptors (Lipinski definition) is 4. The van der Waals surface area contributed by atoms with Crippen molar-refractivity contribution in [3.8, 4) is 5.75 Å². The van der Waals surface area contributed by atoms with Crippen molar-refractivity contribution in [2.75, 3.05) is 12.8 Å². The van der Waals surface area contributed by atoms with E-state index in [9.17, 15) is 4.39 Å². The van der Waals surface area contributed by atoms with Crippen molar-refractivity contribution < 1.29 is 9.13 Å². The van der Waals surface area contributed by atoms with Crippen molar-refractivity contribution in [1.29, 1.82) is 0 Å². The minimum Gasteiger partial charge on any atom is -0.494 e. The van der Waals surface area contributed by atoms with Gasteiger partial charge in [-0.1, -0.05) is 0 Å². The number of halogens is 1. The summed E-state index contributed by atoms with van der Waals surface area (Å²) >= 11 is 0. The summed E-state index contributed by atoms with van der Waals surface area (Å²) in [4.78, 5) is 4.00. The number of aryl methyl sites for hydroxylation is 1. The first-order chi connectivity index (χ1) is 8.60. The molecule has 0 saturated heterocycles. The monoisotopic (exact) mass is 248 g/mol. The minimum atomic E-state index is -0.434. The molecule has 5 nitrogen and oxygen atoms in total. The van der Waals surface area contributed by atoms with Gasteiger partial charge in [0.05, 0.1) is 25.2 Å². The Balaban J connectivity index is 2.24. The second-order valence-electron chi connectivity index (χ2n) is 3.72. The molecule has 2 rings (SSSR count). The fraction of sp³-hybridized carbons (Fsp3) is 0.167. The maximum absolute atomic E-state index is 13.4. The van der Waals surface area contributed by atoms with Crippen LogP contribution in [0, 0.1) is 12.7 Å². The molecule has 1 heterocycles. The van der Waals surface area contributed by atoms with Gasteiger partial charge in [-0.3, -0.25) is 0 Å². The molecule has 18 heavy (non-hydrogen) atoms. The molecule has 0 aliphatic carbocycles. The maximum Gasteiger partial charge on any atom is 0.221 e. The lowest BCUT2D eigenvalue weighted by molar-refractivity contribution is 0.386. The Morgan fingerprint density at radius 1 is 1.50 bits per heavy atom. The Hall–Kier alpha value is -2.37. The Kier molecular flexibility index (Phi) is 3.27. The van der Waals surface area contributed by atoms with E-state index >= 15 is 0 Å². The molecule has 1 aromatic heterocycles. The zero-order chi connectivity index (χ0) is 13.1. The molecule has 0 bridgehead atoms. The third-order valence-corrected chi connectivity index (χ3v) is 2.34. The molecule has 94 valence electrons. The van der Waals surface area contributed by atoms with Gasteiger partial charge < -0.3 is 10.5 Å². The van der Waals surface area contributed by atoms with E-state index in [0.717, 1.165) is 5.69 Å². The Morgan fingerprint density at radius 3 is 2.83 bits per heavy atom. The van der Waals surface area contributed by atoms with Crippen molar-refractivity contribution in [2.45, 2.75) is 6.92 Å². The van der Waals surface area contributed by atoms with Gasteiger partial charge in [-0.05, 0) is 30.7 Å². The summed E-state index contributed by atoms with van der Waals surface area (Å²) in [7, 11) is 1.42. The Labute approximate surface area is 104 Å².